The summed E-state index contributed by atoms with van der Waals surface area (Å²) in [7, 11) is 0. The summed E-state index contributed by atoms with van der Waals surface area (Å²) in [5.74, 6) is -0.405. The molecule has 122 valence electrons. The van der Waals surface area contributed by atoms with Crippen molar-refractivity contribution < 1.29 is 13.6 Å². The molecule has 2 aromatic heterocycles. The standard InChI is InChI=1S/C17H12ClF2N3O/c1-2-15(24)22-12-7-13-14(10-3-5-11(18)6-4-10)9-23(17(19)20)16(13)21-8-12/h2-9,17H,1H2,(H,22,24). The number of aromatic nitrogens is 2. The summed E-state index contributed by atoms with van der Waals surface area (Å²) in [6, 6.07) is 8.44. The van der Waals surface area contributed by atoms with Gasteiger partial charge in [0.05, 0.1) is 11.9 Å². The number of nitrogens with one attached hydrogen (secondary N) is 1. The van der Waals surface area contributed by atoms with Crippen molar-refractivity contribution in [1.29, 1.82) is 0 Å². The average Bonchev–Trinajstić information content (AvgIpc) is 2.94. The molecule has 2 heterocycles. The normalized spacial score (nSPS) is 11.0. The number of benzene rings is 1. The van der Waals surface area contributed by atoms with Gasteiger partial charge in [-0.2, -0.15) is 8.78 Å². The molecule has 1 amide bonds. The van der Waals surface area contributed by atoms with E-state index in [1.54, 1.807) is 30.3 Å². The fraction of sp³-hybridized carbons (Fsp3) is 0.0588. The molecular weight excluding hydrogens is 336 g/mol. The maximum Gasteiger partial charge on any atom is 0.320 e. The zero-order valence-corrected chi connectivity index (χ0v) is 13.1. The van der Waals surface area contributed by atoms with Gasteiger partial charge in [0.15, 0.2) is 0 Å². The lowest BCUT2D eigenvalue weighted by Crippen LogP contribution is -2.07. The summed E-state index contributed by atoms with van der Waals surface area (Å²) in [6.07, 6.45) is 3.79. The minimum Gasteiger partial charge on any atom is -0.321 e. The van der Waals surface area contributed by atoms with Gasteiger partial charge in [0.1, 0.15) is 5.65 Å². The molecule has 0 atom stereocenters. The maximum absolute atomic E-state index is 13.3. The lowest BCUT2D eigenvalue weighted by Gasteiger charge is -2.05. The van der Waals surface area contributed by atoms with Gasteiger partial charge < -0.3 is 5.32 Å². The molecule has 4 nitrogen and oxygen atoms in total. The van der Waals surface area contributed by atoms with Crippen LogP contribution < -0.4 is 5.32 Å². The highest BCUT2D eigenvalue weighted by atomic mass is 35.5. The van der Waals surface area contributed by atoms with E-state index in [4.69, 9.17) is 11.6 Å². The Labute approximate surface area is 141 Å². The Hall–Kier alpha value is -2.73. The summed E-state index contributed by atoms with van der Waals surface area (Å²) >= 11 is 5.88. The number of rotatable bonds is 4. The van der Waals surface area contributed by atoms with Crippen molar-refractivity contribution in [2.75, 3.05) is 5.32 Å². The third kappa shape index (κ3) is 3.00. The number of alkyl halides is 2. The Kier molecular flexibility index (Phi) is 4.31. The number of fused-ring (bicyclic) bond motifs is 1. The fourth-order valence-corrected chi connectivity index (χ4v) is 2.53. The second kappa shape index (κ2) is 6.41. The van der Waals surface area contributed by atoms with E-state index in [1.165, 1.54) is 12.4 Å². The van der Waals surface area contributed by atoms with Crippen LogP contribution in [0.25, 0.3) is 22.2 Å². The molecule has 7 heteroatoms. The van der Waals surface area contributed by atoms with Gasteiger partial charge in [0, 0.05) is 22.2 Å². The first-order valence-electron chi connectivity index (χ1n) is 6.97. The second-order valence-corrected chi connectivity index (χ2v) is 5.46. The molecule has 0 aliphatic rings. The van der Waals surface area contributed by atoms with Gasteiger partial charge in [-0.1, -0.05) is 30.3 Å². The lowest BCUT2D eigenvalue weighted by molar-refractivity contribution is -0.111. The van der Waals surface area contributed by atoms with Crippen molar-refractivity contribution in [2.24, 2.45) is 0 Å². The van der Waals surface area contributed by atoms with Crippen molar-refractivity contribution in [2.45, 2.75) is 6.55 Å². The van der Waals surface area contributed by atoms with Gasteiger partial charge in [0.25, 0.3) is 0 Å². The highest BCUT2D eigenvalue weighted by Gasteiger charge is 2.17. The van der Waals surface area contributed by atoms with Crippen molar-refractivity contribution in [3.63, 3.8) is 0 Å². The van der Waals surface area contributed by atoms with Crippen molar-refractivity contribution in [1.82, 2.24) is 9.55 Å². The maximum atomic E-state index is 13.3. The highest BCUT2D eigenvalue weighted by molar-refractivity contribution is 6.30. The molecule has 0 saturated carbocycles. The van der Waals surface area contributed by atoms with Crippen LogP contribution >= 0.6 is 11.6 Å². The molecule has 0 aliphatic carbocycles. The molecule has 0 fully saturated rings. The minimum absolute atomic E-state index is 0.131. The van der Waals surface area contributed by atoms with Gasteiger partial charge in [-0.3, -0.25) is 9.36 Å². The molecule has 3 aromatic rings. The van der Waals surface area contributed by atoms with Crippen LogP contribution in [0.2, 0.25) is 5.02 Å². The summed E-state index contributed by atoms with van der Waals surface area (Å²) in [5, 5.41) is 3.62. The first-order chi connectivity index (χ1) is 11.5. The summed E-state index contributed by atoms with van der Waals surface area (Å²) < 4.78 is 27.3. The van der Waals surface area contributed by atoms with Crippen molar-refractivity contribution >= 4 is 34.2 Å². The van der Waals surface area contributed by atoms with Gasteiger partial charge in [0.2, 0.25) is 5.91 Å². The third-order valence-corrected chi connectivity index (χ3v) is 3.74. The van der Waals surface area contributed by atoms with E-state index in [1.807, 2.05) is 0 Å². The molecule has 1 aromatic carbocycles. The number of anilines is 1. The Bertz CT molecular complexity index is 919. The van der Waals surface area contributed by atoms with Crippen LogP contribution in [0.1, 0.15) is 6.55 Å². The molecule has 0 radical (unpaired) electrons. The van der Waals surface area contributed by atoms with E-state index in [0.717, 1.165) is 16.2 Å². The molecule has 0 aliphatic heterocycles. The molecule has 24 heavy (non-hydrogen) atoms. The Morgan fingerprint density at radius 1 is 1.33 bits per heavy atom. The van der Waals surface area contributed by atoms with Crippen LogP contribution in [-0.4, -0.2) is 15.5 Å². The molecule has 0 bridgehead atoms. The van der Waals surface area contributed by atoms with Crippen LogP contribution in [0.3, 0.4) is 0 Å². The topological polar surface area (TPSA) is 46.9 Å². The second-order valence-electron chi connectivity index (χ2n) is 5.02. The van der Waals surface area contributed by atoms with Crippen LogP contribution in [0, 0.1) is 0 Å². The first kappa shape index (κ1) is 16.1. The fourth-order valence-electron chi connectivity index (χ4n) is 2.40. The van der Waals surface area contributed by atoms with Gasteiger partial charge in [-0.15, -0.1) is 0 Å². The Balaban J connectivity index is 2.19. The zero-order valence-electron chi connectivity index (χ0n) is 12.3. The molecule has 0 saturated heterocycles. The number of hydrogen-bond acceptors (Lipinski definition) is 2. The van der Waals surface area contributed by atoms with E-state index in [-0.39, 0.29) is 5.65 Å². The number of nitrogens with zero attached hydrogens (tertiary/aromatic N) is 2. The van der Waals surface area contributed by atoms with Gasteiger partial charge in [-0.25, -0.2) is 4.98 Å². The molecule has 1 N–H and O–H groups in total. The van der Waals surface area contributed by atoms with Gasteiger partial charge >= 0.3 is 6.55 Å². The lowest BCUT2D eigenvalue weighted by atomic mass is 10.1. The molecular formula is C17H12ClF2N3O. The number of carbonyl (C=O) groups excluding carboxylic acids is 1. The number of halogens is 3. The predicted octanol–water partition coefficient (Wildman–Crippen LogP) is 4.88. The van der Waals surface area contributed by atoms with Crippen LogP contribution in [0.5, 0.6) is 0 Å². The van der Waals surface area contributed by atoms with Crippen molar-refractivity contribution in [3.05, 3.63) is 60.4 Å². The Morgan fingerprint density at radius 3 is 2.67 bits per heavy atom. The average molecular weight is 348 g/mol. The highest BCUT2D eigenvalue weighted by Crippen LogP contribution is 2.34. The molecule has 0 unspecified atom stereocenters. The van der Waals surface area contributed by atoms with Gasteiger partial charge in [-0.05, 0) is 29.8 Å². The predicted molar refractivity (Wildman–Crippen MR) is 90.3 cm³/mol. The largest absolute Gasteiger partial charge is 0.321 e. The van der Waals surface area contributed by atoms with E-state index in [9.17, 15) is 13.6 Å². The third-order valence-electron chi connectivity index (χ3n) is 3.49. The minimum atomic E-state index is -2.73. The SMILES string of the molecule is C=CC(=O)Nc1cnc2c(c1)c(-c1ccc(Cl)cc1)cn2C(F)F. The van der Waals surface area contributed by atoms with E-state index in [0.29, 0.717) is 21.7 Å². The van der Waals surface area contributed by atoms with Crippen LogP contribution in [0.15, 0.2) is 55.4 Å². The van der Waals surface area contributed by atoms with Crippen LogP contribution in [-0.2, 0) is 4.79 Å². The smallest absolute Gasteiger partial charge is 0.320 e. The van der Waals surface area contributed by atoms with Crippen molar-refractivity contribution in [3.8, 4) is 11.1 Å². The quantitative estimate of drug-likeness (QED) is 0.684. The van der Waals surface area contributed by atoms with Crippen LogP contribution in [0.4, 0.5) is 14.5 Å². The number of hydrogen-bond donors (Lipinski definition) is 1. The summed E-state index contributed by atoms with van der Waals surface area (Å²) in [4.78, 5) is 15.5. The first-order valence-corrected chi connectivity index (χ1v) is 7.35. The monoisotopic (exact) mass is 347 g/mol. The molecule has 0 spiro atoms. The van der Waals surface area contributed by atoms with E-state index < -0.39 is 12.5 Å². The number of pyridine rings is 1. The van der Waals surface area contributed by atoms with E-state index in [2.05, 4.69) is 16.9 Å². The summed E-state index contributed by atoms with van der Waals surface area (Å²) in [5.41, 5.74) is 1.82. The number of amides is 1. The number of carbonyl (C=O) groups is 1. The molecule has 3 rings (SSSR count). The zero-order chi connectivity index (χ0) is 17.3. The Morgan fingerprint density at radius 2 is 2.04 bits per heavy atom. The summed E-state index contributed by atoms with van der Waals surface area (Å²) in [6.45, 7) is 0.644. The van der Waals surface area contributed by atoms with E-state index >= 15 is 0 Å².